The van der Waals surface area contributed by atoms with Crippen molar-refractivity contribution >= 4 is 0 Å². The maximum Gasteiger partial charge on any atom is 0.0946 e. The Morgan fingerprint density at radius 1 is 1.44 bits per heavy atom. The van der Waals surface area contributed by atoms with Crippen LogP contribution in [0.5, 0.6) is 0 Å². The number of aromatic nitrogens is 4. The molecule has 0 fully saturated rings. The average Bonchev–Trinajstić information content (AvgIpc) is 2.87. The van der Waals surface area contributed by atoms with Crippen molar-refractivity contribution in [3.8, 4) is 0 Å². The zero-order valence-electron chi connectivity index (χ0n) is 9.70. The second kappa shape index (κ2) is 4.94. The highest BCUT2D eigenvalue weighted by molar-refractivity contribution is 5.22. The molecule has 0 unspecified atom stereocenters. The lowest BCUT2D eigenvalue weighted by molar-refractivity contribution is 0.595. The number of aromatic amines is 1. The van der Waals surface area contributed by atoms with Crippen LogP contribution in [-0.2, 0) is 13.1 Å². The highest BCUT2D eigenvalue weighted by Gasteiger charge is 2.04. The number of imidazole rings is 1. The van der Waals surface area contributed by atoms with Gasteiger partial charge < -0.3 is 9.88 Å². The molecular weight excluding hydrogens is 202 g/mol. The van der Waals surface area contributed by atoms with Crippen molar-refractivity contribution in [3.05, 3.63) is 35.7 Å². The van der Waals surface area contributed by atoms with Gasteiger partial charge in [0.05, 0.1) is 12.0 Å². The predicted molar refractivity (Wildman–Crippen MR) is 62.0 cm³/mol. The van der Waals surface area contributed by atoms with Crippen molar-refractivity contribution in [3.63, 3.8) is 0 Å². The van der Waals surface area contributed by atoms with Crippen LogP contribution in [0.1, 0.15) is 17.0 Å². The van der Waals surface area contributed by atoms with Gasteiger partial charge in [-0.05, 0) is 13.8 Å². The quantitative estimate of drug-likeness (QED) is 0.738. The molecule has 0 bridgehead atoms. The molecule has 0 atom stereocenters. The van der Waals surface area contributed by atoms with Crippen LogP contribution in [0.15, 0.2) is 18.7 Å². The maximum absolute atomic E-state index is 4.16. The summed E-state index contributed by atoms with van der Waals surface area (Å²) in [7, 11) is 0. The number of aryl methyl sites for hydroxylation is 2. The Balaban J connectivity index is 1.76. The SMILES string of the molecule is Cc1n[nH]c(C)c1CNCCn1ccnc1. The summed E-state index contributed by atoms with van der Waals surface area (Å²) >= 11 is 0. The molecule has 0 radical (unpaired) electrons. The van der Waals surface area contributed by atoms with Crippen LogP contribution in [0.25, 0.3) is 0 Å². The zero-order valence-corrected chi connectivity index (χ0v) is 9.70. The molecule has 0 spiro atoms. The molecular formula is C11H17N5. The molecule has 0 amide bonds. The molecule has 86 valence electrons. The summed E-state index contributed by atoms with van der Waals surface area (Å²) in [6.07, 6.45) is 5.59. The van der Waals surface area contributed by atoms with Crippen LogP contribution in [-0.4, -0.2) is 26.3 Å². The summed E-state index contributed by atoms with van der Waals surface area (Å²) < 4.78 is 2.06. The molecule has 2 aromatic heterocycles. The third-order valence-electron chi connectivity index (χ3n) is 2.69. The van der Waals surface area contributed by atoms with Gasteiger partial charge in [0.2, 0.25) is 0 Å². The fourth-order valence-electron chi connectivity index (χ4n) is 1.68. The highest BCUT2D eigenvalue weighted by atomic mass is 15.1. The van der Waals surface area contributed by atoms with E-state index in [1.165, 1.54) is 5.56 Å². The summed E-state index contributed by atoms with van der Waals surface area (Å²) in [5.74, 6) is 0. The van der Waals surface area contributed by atoms with Crippen LogP contribution in [0.3, 0.4) is 0 Å². The van der Waals surface area contributed by atoms with E-state index < -0.39 is 0 Å². The van der Waals surface area contributed by atoms with Crippen LogP contribution < -0.4 is 5.32 Å². The molecule has 0 aliphatic heterocycles. The molecule has 2 aromatic rings. The van der Waals surface area contributed by atoms with Gasteiger partial charge in [-0.3, -0.25) is 5.10 Å². The smallest absolute Gasteiger partial charge is 0.0946 e. The van der Waals surface area contributed by atoms with E-state index in [9.17, 15) is 0 Å². The Labute approximate surface area is 94.9 Å². The Morgan fingerprint density at radius 3 is 2.94 bits per heavy atom. The lowest BCUT2D eigenvalue weighted by Gasteiger charge is -2.05. The molecule has 0 aliphatic carbocycles. The number of rotatable bonds is 5. The molecule has 2 N–H and O–H groups in total. The molecule has 0 aromatic carbocycles. The van der Waals surface area contributed by atoms with Crippen LogP contribution >= 0.6 is 0 Å². The minimum Gasteiger partial charge on any atom is -0.336 e. The van der Waals surface area contributed by atoms with Crippen molar-refractivity contribution in [2.24, 2.45) is 0 Å². The Hall–Kier alpha value is -1.62. The normalized spacial score (nSPS) is 10.9. The third kappa shape index (κ3) is 2.49. The molecule has 5 heteroatoms. The lowest BCUT2D eigenvalue weighted by Crippen LogP contribution is -2.19. The largest absolute Gasteiger partial charge is 0.336 e. The number of hydrogen-bond acceptors (Lipinski definition) is 3. The van der Waals surface area contributed by atoms with E-state index in [0.29, 0.717) is 0 Å². The van der Waals surface area contributed by atoms with Crippen molar-refractivity contribution in [1.82, 2.24) is 25.1 Å². The van der Waals surface area contributed by atoms with Crippen molar-refractivity contribution < 1.29 is 0 Å². The van der Waals surface area contributed by atoms with Crippen molar-refractivity contribution in [2.75, 3.05) is 6.54 Å². The number of hydrogen-bond donors (Lipinski definition) is 2. The fraction of sp³-hybridized carbons (Fsp3) is 0.455. The molecule has 0 aliphatic rings. The second-order valence-electron chi connectivity index (χ2n) is 3.89. The van der Waals surface area contributed by atoms with Crippen LogP contribution in [0.2, 0.25) is 0 Å². The number of nitrogens with one attached hydrogen (secondary N) is 2. The summed E-state index contributed by atoms with van der Waals surface area (Å²) in [5.41, 5.74) is 3.49. The minimum absolute atomic E-state index is 0.864. The Bertz CT molecular complexity index is 410. The highest BCUT2D eigenvalue weighted by Crippen LogP contribution is 2.07. The van der Waals surface area contributed by atoms with Crippen LogP contribution in [0, 0.1) is 13.8 Å². The first kappa shape index (κ1) is 10.9. The predicted octanol–water partition coefficient (Wildman–Crippen LogP) is 1.01. The van der Waals surface area contributed by atoms with Gasteiger partial charge in [-0.25, -0.2) is 4.98 Å². The molecule has 5 nitrogen and oxygen atoms in total. The van der Waals surface area contributed by atoms with Crippen molar-refractivity contribution in [1.29, 1.82) is 0 Å². The molecule has 2 rings (SSSR count). The topological polar surface area (TPSA) is 58.5 Å². The van der Waals surface area contributed by atoms with Gasteiger partial charge in [0.15, 0.2) is 0 Å². The van der Waals surface area contributed by atoms with E-state index >= 15 is 0 Å². The van der Waals surface area contributed by atoms with E-state index in [1.807, 2.05) is 26.4 Å². The molecule has 2 heterocycles. The standard InChI is InChI=1S/C11H17N5/c1-9-11(10(2)15-14-9)7-12-3-5-16-6-4-13-8-16/h4,6,8,12H,3,5,7H2,1-2H3,(H,14,15). The first-order valence-electron chi connectivity index (χ1n) is 5.44. The van der Waals surface area contributed by atoms with Crippen LogP contribution in [0.4, 0.5) is 0 Å². The van der Waals surface area contributed by atoms with Gasteiger partial charge in [0.1, 0.15) is 0 Å². The minimum atomic E-state index is 0.864. The summed E-state index contributed by atoms with van der Waals surface area (Å²) in [6, 6.07) is 0. The van der Waals surface area contributed by atoms with Gasteiger partial charge in [-0.2, -0.15) is 5.10 Å². The van der Waals surface area contributed by atoms with E-state index in [1.54, 1.807) is 6.20 Å². The van der Waals surface area contributed by atoms with E-state index in [4.69, 9.17) is 0 Å². The monoisotopic (exact) mass is 219 g/mol. The first-order chi connectivity index (χ1) is 7.77. The molecule has 0 saturated carbocycles. The second-order valence-corrected chi connectivity index (χ2v) is 3.89. The fourth-order valence-corrected chi connectivity index (χ4v) is 1.68. The lowest BCUT2D eigenvalue weighted by atomic mass is 10.2. The van der Waals surface area contributed by atoms with Gasteiger partial charge in [-0.1, -0.05) is 0 Å². The molecule has 0 saturated heterocycles. The zero-order chi connectivity index (χ0) is 11.4. The number of nitrogens with zero attached hydrogens (tertiary/aromatic N) is 3. The van der Waals surface area contributed by atoms with Gasteiger partial charge in [0.25, 0.3) is 0 Å². The summed E-state index contributed by atoms with van der Waals surface area (Å²) in [5, 5.41) is 10.5. The summed E-state index contributed by atoms with van der Waals surface area (Å²) in [6.45, 7) is 6.81. The number of H-pyrrole nitrogens is 1. The van der Waals surface area contributed by atoms with Crippen molar-refractivity contribution in [2.45, 2.75) is 26.9 Å². The van der Waals surface area contributed by atoms with Gasteiger partial charge in [-0.15, -0.1) is 0 Å². The average molecular weight is 219 g/mol. The van der Waals surface area contributed by atoms with Gasteiger partial charge in [0, 0.05) is 43.3 Å². The van der Waals surface area contributed by atoms with E-state index in [0.717, 1.165) is 31.0 Å². The Morgan fingerprint density at radius 2 is 2.31 bits per heavy atom. The van der Waals surface area contributed by atoms with E-state index in [2.05, 4.69) is 25.1 Å². The Kier molecular flexibility index (Phi) is 3.36. The summed E-state index contributed by atoms with van der Waals surface area (Å²) in [4.78, 5) is 4.00. The maximum atomic E-state index is 4.16. The van der Waals surface area contributed by atoms with E-state index in [-0.39, 0.29) is 0 Å². The molecule has 16 heavy (non-hydrogen) atoms. The third-order valence-corrected chi connectivity index (χ3v) is 2.69. The first-order valence-corrected chi connectivity index (χ1v) is 5.44. The van der Waals surface area contributed by atoms with Gasteiger partial charge >= 0.3 is 0 Å².